The molecule has 3 N–H and O–H groups in total. The highest BCUT2D eigenvalue weighted by molar-refractivity contribution is 5.96. The number of fused-ring (bicyclic) bond motifs is 2. The lowest BCUT2D eigenvalue weighted by Gasteiger charge is -2.12. The minimum atomic E-state index is -0.510. The molecule has 0 radical (unpaired) electrons. The van der Waals surface area contributed by atoms with Gasteiger partial charge in [0.05, 0.1) is 19.6 Å². The van der Waals surface area contributed by atoms with Crippen LogP contribution in [0.2, 0.25) is 0 Å². The number of carbonyl (C=O) groups excluding carboxylic acids is 1. The van der Waals surface area contributed by atoms with Crippen LogP contribution < -0.4 is 22.5 Å². The molecule has 55 heavy (non-hydrogen) atoms. The third kappa shape index (κ3) is 7.93. The number of aliphatic hydroxyl groups is 2. The van der Waals surface area contributed by atoms with Crippen LogP contribution in [0.25, 0.3) is 22.3 Å². The first-order chi connectivity index (χ1) is 26.7. The summed E-state index contributed by atoms with van der Waals surface area (Å²) in [4.78, 5) is 76.0. The summed E-state index contributed by atoms with van der Waals surface area (Å²) in [6.45, 7) is 3.96. The molecule has 4 aromatic heterocycles. The Morgan fingerprint density at radius 1 is 0.618 bits per heavy atom. The normalized spacial score (nSPS) is 11.2. The van der Waals surface area contributed by atoms with Crippen LogP contribution in [0, 0.1) is 0 Å². The van der Waals surface area contributed by atoms with Gasteiger partial charge >= 0.3 is 11.4 Å². The largest absolute Gasteiger partial charge is 0.388 e. The summed E-state index contributed by atoms with van der Waals surface area (Å²) in [5.41, 5.74) is 1.38. The standard InChI is InChI=1S/C24H24N4O4.C16H18N4O3/c1-2-13-26-23(31)21-22(28(24(26)32)14-17-9-5-3-6-10-17)25-20(16-29)27(21)15-19(30)18-11-7-4-8-12-18;1-2-8-19-15(22)13-14(18-12(10-21)17-13)20(16(19)23)9-11-6-4-3-5-7-11/h3-12,29H,2,13-16H2,1H3;3-7,21H,2,8-10H2,1H3,(H,17,18). The van der Waals surface area contributed by atoms with Gasteiger partial charge in [0.1, 0.15) is 30.4 Å². The molecule has 7 rings (SSSR count). The number of carbonyl (C=O) groups is 1. The Kier molecular flexibility index (Phi) is 11.9. The van der Waals surface area contributed by atoms with Crippen molar-refractivity contribution in [2.75, 3.05) is 0 Å². The van der Waals surface area contributed by atoms with E-state index < -0.39 is 23.4 Å². The summed E-state index contributed by atoms with van der Waals surface area (Å²) in [5.74, 6) is 0.214. The summed E-state index contributed by atoms with van der Waals surface area (Å²) >= 11 is 0. The molecule has 0 spiro atoms. The molecule has 284 valence electrons. The van der Waals surface area contributed by atoms with Gasteiger partial charge < -0.3 is 19.8 Å². The van der Waals surface area contributed by atoms with Crippen molar-refractivity contribution < 1.29 is 15.0 Å². The Balaban J connectivity index is 0.000000197. The molecule has 0 unspecified atom stereocenters. The summed E-state index contributed by atoms with van der Waals surface area (Å²) in [7, 11) is 0. The number of aromatic amines is 1. The first kappa shape index (κ1) is 38.3. The van der Waals surface area contributed by atoms with Gasteiger partial charge in [0.2, 0.25) is 0 Å². The van der Waals surface area contributed by atoms with Gasteiger partial charge in [-0.15, -0.1) is 0 Å². The van der Waals surface area contributed by atoms with Crippen molar-refractivity contribution in [1.82, 2.24) is 37.8 Å². The fourth-order valence-electron chi connectivity index (χ4n) is 6.43. The number of Topliss-reactive ketones (excluding diaryl/α,β-unsaturated/α-hetero) is 1. The van der Waals surface area contributed by atoms with Gasteiger partial charge in [-0.1, -0.05) is 105 Å². The molecule has 0 saturated carbocycles. The fourth-order valence-corrected chi connectivity index (χ4v) is 6.43. The molecular formula is C40H42N8O7. The highest BCUT2D eigenvalue weighted by Crippen LogP contribution is 2.16. The fraction of sp³-hybridized carbons (Fsp3) is 0.275. The van der Waals surface area contributed by atoms with Crippen molar-refractivity contribution in [1.29, 1.82) is 0 Å². The van der Waals surface area contributed by atoms with Gasteiger partial charge in [0, 0.05) is 18.7 Å². The summed E-state index contributed by atoms with van der Waals surface area (Å²) in [5, 5.41) is 19.2. The van der Waals surface area contributed by atoms with Crippen molar-refractivity contribution in [3.63, 3.8) is 0 Å². The van der Waals surface area contributed by atoms with E-state index in [9.17, 15) is 34.2 Å². The van der Waals surface area contributed by atoms with Crippen LogP contribution in [0.15, 0.2) is 110 Å². The first-order valence-corrected chi connectivity index (χ1v) is 18.0. The molecule has 0 bridgehead atoms. The first-order valence-electron chi connectivity index (χ1n) is 18.0. The predicted octanol–water partition coefficient (Wildman–Crippen LogP) is 3.03. The number of nitrogens with zero attached hydrogens (tertiary/aromatic N) is 7. The van der Waals surface area contributed by atoms with E-state index in [1.807, 2.05) is 80.6 Å². The molecule has 0 amide bonds. The maximum atomic E-state index is 13.3. The number of hydrogen-bond acceptors (Lipinski definition) is 9. The van der Waals surface area contributed by atoms with Crippen LogP contribution in [0.4, 0.5) is 0 Å². The Bertz CT molecular complexity index is 2670. The van der Waals surface area contributed by atoms with Crippen LogP contribution >= 0.6 is 0 Å². The van der Waals surface area contributed by atoms with E-state index in [-0.39, 0.29) is 71.7 Å². The van der Waals surface area contributed by atoms with E-state index in [0.717, 1.165) is 11.1 Å². The monoisotopic (exact) mass is 746 g/mol. The number of nitrogens with one attached hydrogen (secondary N) is 1. The zero-order valence-electron chi connectivity index (χ0n) is 30.6. The molecule has 4 heterocycles. The van der Waals surface area contributed by atoms with Crippen molar-refractivity contribution >= 4 is 28.1 Å². The number of H-pyrrole nitrogens is 1. The highest BCUT2D eigenvalue weighted by Gasteiger charge is 2.23. The van der Waals surface area contributed by atoms with E-state index in [1.54, 1.807) is 24.3 Å². The molecule has 0 saturated heterocycles. The smallest absolute Gasteiger partial charge is 0.333 e. The van der Waals surface area contributed by atoms with E-state index in [1.165, 1.54) is 22.8 Å². The van der Waals surface area contributed by atoms with Crippen LogP contribution in [0.3, 0.4) is 0 Å². The van der Waals surface area contributed by atoms with Crippen LogP contribution in [-0.2, 0) is 45.9 Å². The highest BCUT2D eigenvalue weighted by atomic mass is 16.3. The number of ketones is 1. The van der Waals surface area contributed by atoms with E-state index in [4.69, 9.17) is 0 Å². The number of aromatic nitrogens is 8. The average molecular weight is 747 g/mol. The molecule has 0 aliphatic rings. The van der Waals surface area contributed by atoms with Crippen molar-refractivity contribution in [2.45, 2.75) is 72.6 Å². The van der Waals surface area contributed by atoms with Crippen LogP contribution in [0.5, 0.6) is 0 Å². The van der Waals surface area contributed by atoms with Gasteiger partial charge in [0.15, 0.2) is 22.6 Å². The molecule has 0 aliphatic heterocycles. The quantitative estimate of drug-likeness (QED) is 0.149. The number of aliphatic hydroxyl groups excluding tert-OH is 2. The predicted molar refractivity (Wildman–Crippen MR) is 207 cm³/mol. The summed E-state index contributed by atoms with van der Waals surface area (Å²) < 4.78 is 6.73. The molecule has 0 atom stereocenters. The van der Waals surface area contributed by atoms with Gasteiger partial charge in [-0.05, 0) is 24.0 Å². The number of imidazole rings is 2. The van der Waals surface area contributed by atoms with Crippen LogP contribution in [-0.4, -0.2) is 53.8 Å². The van der Waals surface area contributed by atoms with Gasteiger partial charge in [0.25, 0.3) is 11.1 Å². The molecule has 15 heteroatoms. The second-order valence-electron chi connectivity index (χ2n) is 12.9. The Morgan fingerprint density at radius 2 is 1.13 bits per heavy atom. The van der Waals surface area contributed by atoms with Gasteiger partial charge in [-0.25, -0.2) is 19.6 Å². The molecule has 15 nitrogen and oxygen atoms in total. The zero-order valence-corrected chi connectivity index (χ0v) is 30.6. The average Bonchev–Trinajstić information content (AvgIpc) is 3.82. The van der Waals surface area contributed by atoms with E-state index >= 15 is 0 Å². The third-order valence-corrected chi connectivity index (χ3v) is 9.05. The lowest BCUT2D eigenvalue weighted by atomic mass is 10.1. The minimum Gasteiger partial charge on any atom is -0.388 e. The van der Waals surface area contributed by atoms with E-state index in [0.29, 0.717) is 31.5 Å². The van der Waals surface area contributed by atoms with Crippen molar-refractivity contribution in [3.05, 3.63) is 161 Å². The van der Waals surface area contributed by atoms with Crippen molar-refractivity contribution in [3.8, 4) is 0 Å². The van der Waals surface area contributed by atoms with Crippen LogP contribution in [0.1, 0.15) is 59.8 Å². The molecule has 0 fully saturated rings. The molecular weight excluding hydrogens is 704 g/mol. The number of benzene rings is 3. The Hall–Kier alpha value is -6.45. The SMILES string of the molecule is CCCn1c(=O)c2[nH]c(CO)nc2n(Cc2ccccc2)c1=O.CCCn1c(=O)c2c(nc(CO)n2CC(=O)c2ccccc2)n(Cc2ccccc2)c1=O. The molecule has 7 aromatic rings. The second-order valence-corrected chi connectivity index (χ2v) is 12.9. The van der Waals surface area contributed by atoms with Crippen molar-refractivity contribution in [2.24, 2.45) is 0 Å². The number of hydrogen-bond donors (Lipinski definition) is 3. The van der Waals surface area contributed by atoms with E-state index in [2.05, 4.69) is 15.0 Å². The Labute approximate surface area is 314 Å². The lowest BCUT2D eigenvalue weighted by Crippen LogP contribution is -2.41. The maximum absolute atomic E-state index is 13.3. The zero-order chi connectivity index (χ0) is 39.1. The maximum Gasteiger partial charge on any atom is 0.333 e. The summed E-state index contributed by atoms with van der Waals surface area (Å²) in [6.07, 6.45) is 1.27. The molecule has 0 aliphatic carbocycles. The number of rotatable bonds is 13. The summed E-state index contributed by atoms with van der Waals surface area (Å²) in [6, 6.07) is 27.6. The molecule has 3 aromatic carbocycles. The Morgan fingerprint density at radius 3 is 1.64 bits per heavy atom. The topological polar surface area (TPSA) is 192 Å². The lowest BCUT2D eigenvalue weighted by molar-refractivity contribution is 0.0970. The third-order valence-electron chi connectivity index (χ3n) is 9.05. The minimum absolute atomic E-state index is 0.141. The second kappa shape index (κ2) is 17.1. The van der Waals surface area contributed by atoms with Gasteiger partial charge in [-0.2, -0.15) is 0 Å². The van der Waals surface area contributed by atoms with Gasteiger partial charge in [-0.3, -0.25) is 32.7 Å².